The quantitative estimate of drug-likeness (QED) is 0.505. The molecule has 0 aliphatic heterocycles. The second kappa shape index (κ2) is 10.8. The Labute approximate surface area is 151 Å². The number of carbonyl (C=O) groups excluding carboxylic acids is 2. The zero-order valence-electron chi connectivity index (χ0n) is 15.3. The average Bonchev–Trinajstić information content (AvgIpc) is 2.58. The van der Waals surface area contributed by atoms with Gasteiger partial charge in [-0.05, 0) is 24.5 Å². The number of anilines is 1. The van der Waals surface area contributed by atoms with E-state index in [9.17, 15) is 22.8 Å². The topological polar surface area (TPSA) is 58.6 Å². The molecule has 0 atom stereocenters. The molecule has 0 saturated carbocycles. The molecule has 0 bridgehead atoms. The number of halogens is 3. The van der Waals surface area contributed by atoms with Crippen molar-refractivity contribution in [2.75, 3.05) is 31.6 Å². The molecule has 0 fully saturated rings. The minimum Gasteiger partial charge on any atom is -0.381 e. The summed E-state index contributed by atoms with van der Waals surface area (Å²) in [5.74, 6) is -5.09. The van der Waals surface area contributed by atoms with Crippen molar-refractivity contribution in [1.29, 1.82) is 0 Å². The van der Waals surface area contributed by atoms with E-state index < -0.39 is 29.0 Å². The summed E-state index contributed by atoms with van der Waals surface area (Å²) in [6.07, 6.45) is 0.755. The number of amides is 2. The van der Waals surface area contributed by atoms with Gasteiger partial charge < -0.3 is 15.0 Å². The van der Waals surface area contributed by atoms with Crippen LogP contribution in [0.2, 0.25) is 0 Å². The number of hydrogen-bond acceptors (Lipinski definition) is 3. The van der Waals surface area contributed by atoms with Gasteiger partial charge in [0.1, 0.15) is 0 Å². The van der Waals surface area contributed by atoms with Crippen molar-refractivity contribution < 1.29 is 27.5 Å². The number of carbonyl (C=O) groups is 2. The van der Waals surface area contributed by atoms with Crippen LogP contribution in [0.5, 0.6) is 0 Å². The minimum atomic E-state index is -1.66. The van der Waals surface area contributed by atoms with Crippen molar-refractivity contribution in [1.82, 2.24) is 4.90 Å². The molecule has 8 heteroatoms. The lowest BCUT2D eigenvalue weighted by atomic mass is 10.2. The summed E-state index contributed by atoms with van der Waals surface area (Å²) >= 11 is 0. The fraction of sp³-hybridized carbons (Fsp3) is 0.556. The first-order valence-corrected chi connectivity index (χ1v) is 8.55. The van der Waals surface area contributed by atoms with Gasteiger partial charge in [-0.1, -0.05) is 20.8 Å². The van der Waals surface area contributed by atoms with Crippen molar-refractivity contribution >= 4 is 17.5 Å². The first-order chi connectivity index (χ1) is 12.3. The second-order valence-corrected chi connectivity index (χ2v) is 6.31. The van der Waals surface area contributed by atoms with Gasteiger partial charge in [0, 0.05) is 13.2 Å². The number of ether oxygens (including phenoxy) is 1. The molecule has 0 unspecified atom stereocenters. The third kappa shape index (κ3) is 7.03. The van der Waals surface area contributed by atoms with E-state index in [4.69, 9.17) is 4.74 Å². The first-order valence-electron chi connectivity index (χ1n) is 8.55. The Balaban J connectivity index is 2.61. The molecular formula is C18H25F3N2O3. The highest BCUT2D eigenvalue weighted by molar-refractivity contribution is 5.94. The van der Waals surface area contributed by atoms with Crippen LogP contribution in [-0.4, -0.2) is 43.0 Å². The fourth-order valence-electron chi connectivity index (χ4n) is 2.18. The van der Waals surface area contributed by atoms with Crippen molar-refractivity contribution in [3.8, 4) is 0 Å². The minimum absolute atomic E-state index is 0.125. The van der Waals surface area contributed by atoms with E-state index in [1.807, 2.05) is 20.8 Å². The van der Waals surface area contributed by atoms with Crippen LogP contribution in [0.4, 0.5) is 18.9 Å². The van der Waals surface area contributed by atoms with Gasteiger partial charge in [0.25, 0.3) is 0 Å². The monoisotopic (exact) mass is 374 g/mol. The molecule has 1 rings (SSSR count). The van der Waals surface area contributed by atoms with Crippen LogP contribution in [0.15, 0.2) is 12.1 Å². The highest BCUT2D eigenvalue weighted by Crippen LogP contribution is 2.19. The normalized spacial score (nSPS) is 10.9. The highest BCUT2D eigenvalue weighted by Gasteiger charge is 2.19. The van der Waals surface area contributed by atoms with Crippen molar-refractivity contribution in [2.45, 2.75) is 33.6 Å². The van der Waals surface area contributed by atoms with E-state index in [1.165, 1.54) is 4.90 Å². The average molecular weight is 374 g/mol. The Morgan fingerprint density at radius 2 is 1.88 bits per heavy atom. The van der Waals surface area contributed by atoms with E-state index in [0.717, 1.165) is 12.1 Å². The number of benzene rings is 1. The molecule has 2 amide bonds. The molecular weight excluding hydrogens is 349 g/mol. The summed E-state index contributed by atoms with van der Waals surface area (Å²) in [6.45, 7) is 6.65. The Hall–Kier alpha value is -2.09. The van der Waals surface area contributed by atoms with Crippen LogP contribution in [0.1, 0.15) is 33.6 Å². The van der Waals surface area contributed by atoms with Gasteiger partial charge in [-0.3, -0.25) is 9.59 Å². The van der Waals surface area contributed by atoms with Crippen molar-refractivity contribution in [3.63, 3.8) is 0 Å². The van der Waals surface area contributed by atoms with Crippen LogP contribution in [0, 0.1) is 23.4 Å². The molecule has 0 aliphatic carbocycles. The molecule has 0 heterocycles. The van der Waals surface area contributed by atoms with Crippen LogP contribution in [-0.2, 0) is 14.3 Å². The zero-order valence-corrected chi connectivity index (χ0v) is 15.3. The van der Waals surface area contributed by atoms with Crippen LogP contribution < -0.4 is 5.32 Å². The smallest absolute Gasteiger partial charge is 0.244 e. The predicted molar refractivity (Wildman–Crippen MR) is 92.1 cm³/mol. The molecule has 0 radical (unpaired) electrons. The molecule has 1 aromatic rings. The van der Waals surface area contributed by atoms with Crippen molar-refractivity contribution in [3.05, 3.63) is 29.6 Å². The summed E-state index contributed by atoms with van der Waals surface area (Å²) in [6, 6.07) is 1.65. The molecule has 26 heavy (non-hydrogen) atoms. The van der Waals surface area contributed by atoms with Crippen LogP contribution in [0.3, 0.4) is 0 Å². The maximum absolute atomic E-state index is 13.6. The molecule has 0 spiro atoms. The van der Waals surface area contributed by atoms with Gasteiger partial charge >= 0.3 is 0 Å². The number of nitrogens with zero attached hydrogens (tertiary/aromatic N) is 1. The number of hydrogen-bond donors (Lipinski definition) is 1. The Kier molecular flexibility index (Phi) is 9.12. The summed E-state index contributed by atoms with van der Waals surface area (Å²) in [5.41, 5.74) is -0.474. The lowest BCUT2D eigenvalue weighted by Gasteiger charge is -2.22. The highest BCUT2D eigenvalue weighted by atomic mass is 19.2. The maximum atomic E-state index is 13.6. The molecule has 1 aromatic carbocycles. The number of rotatable bonds is 10. The van der Waals surface area contributed by atoms with Crippen molar-refractivity contribution in [2.24, 2.45) is 5.92 Å². The second-order valence-electron chi connectivity index (χ2n) is 6.31. The Morgan fingerprint density at radius 3 is 2.50 bits per heavy atom. The van der Waals surface area contributed by atoms with E-state index in [2.05, 4.69) is 5.32 Å². The van der Waals surface area contributed by atoms with E-state index in [0.29, 0.717) is 25.5 Å². The first kappa shape index (κ1) is 22.0. The third-order valence-corrected chi connectivity index (χ3v) is 3.40. The van der Waals surface area contributed by atoms with Gasteiger partial charge in [-0.2, -0.15) is 0 Å². The van der Waals surface area contributed by atoms with Gasteiger partial charge in [-0.25, -0.2) is 13.2 Å². The number of nitrogens with one attached hydrogen (secondary N) is 1. The molecule has 0 aromatic heterocycles. The van der Waals surface area contributed by atoms with Gasteiger partial charge in [0.15, 0.2) is 17.5 Å². The Morgan fingerprint density at radius 1 is 1.19 bits per heavy atom. The molecule has 146 valence electrons. The van der Waals surface area contributed by atoms with E-state index in [-0.39, 0.29) is 25.5 Å². The van der Waals surface area contributed by atoms with Crippen LogP contribution >= 0.6 is 0 Å². The van der Waals surface area contributed by atoms with Gasteiger partial charge in [-0.15, -0.1) is 0 Å². The lowest BCUT2D eigenvalue weighted by molar-refractivity contribution is -0.135. The molecule has 1 N–H and O–H groups in total. The zero-order chi connectivity index (χ0) is 19.7. The van der Waals surface area contributed by atoms with Gasteiger partial charge in [0.05, 0.1) is 25.3 Å². The molecule has 5 nitrogen and oxygen atoms in total. The predicted octanol–water partition coefficient (Wildman–Crippen LogP) is 3.34. The summed E-state index contributed by atoms with van der Waals surface area (Å²) in [5, 5.41) is 2.16. The van der Waals surface area contributed by atoms with E-state index in [1.54, 1.807) is 0 Å². The lowest BCUT2D eigenvalue weighted by Crippen LogP contribution is -2.39. The largest absolute Gasteiger partial charge is 0.381 e. The molecule has 0 aliphatic rings. The summed E-state index contributed by atoms with van der Waals surface area (Å²) < 4.78 is 45.1. The SMILES string of the molecule is CCCN(CC(=O)Nc1ccc(F)c(F)c1F)C(=O)CCOCC(C)C. The summed E-state index contributed by atoms with van der Waals surface area (Å²) in [4.78, 5) is 25.6. The van der Waals surface area contributed by atoms with E-state index >= 15 is 0 Å². The van der Waals surface area contributed by atoms with Gasteiger partial charge in [0.2, 0.25) is 11.8 Å². The third-order valence-electron chi connectivity index (χ3n) is 3.40. The molecule has 0 saturated heterocycles. The Bertz CT molecular complexity index is 624. The maximum Gasteiger partial charge on any atom is 0.244 e. The van der Waals surface area contributed by atoms with Crippen LogP contribution in [0.25, 0.3) is 0 Å². The summed E-state index contributed by atoms with van der Waals surface area (Å²) in [7, 11) is 0. The standard InChI is InChI=1S/C18H25F3N2O3/c1-4-8-23(16(25)7-9-26-11-12(2)3)10-15(24)22-14-6-5-13(19)17(20)18(14)21/h5-6,12H,4,7-11H2,1-3H3,(H,22,24). The fourth-order valence-corrected chi connectivity index (χ4v) is 2.18.